The zero-order chi connectivity index (χ0) is 20.4. The van der Waals surface area contributed by atoms with Crippen LogP contribution in [0, 0.1) is 25.2 Å². The molecule has 0 saturated carbocycles. The van der Waals surface area contributed by atoms with Crippen LogP contribution in [0.3, 0.4) is 0 Å². The minimum Gasteiger partial charge on any atom is -0.493 e. The van der Waals surface area contributed by atoms with Gasteiger partial charge in [0.15, 0.2) is 11.5 Å². The standard InChI is InChI=1S/C21H21N3O3S/c1-12-5-6-13(2)16(9-12)24-19(23-20(25)15(11-22)21(24)28)14-7-8-17(26-3)18(10-14)27-4/h5-10,19,28H,1-4H3,(H,23,25). The Balaban J connectivity index is 2.21. The molecule has 0 radical (unpaired) electrons. The molecule has 1 aliphatic heterocycles. The largest absolute Gasteiger partial charge is 0.493 e. The Hall–Kier alpha value is -3.11. The highest BCUT2D eigenvalue weighted by molar-refractivity contribution is 7.84. The van der Waals surface area contributed by atoms with E-state index in [0.29, 0.717) is 16.5 Å². The van der Waals surface area contributed by atoms with E-state index in [2.05, 4.69) is 17.9 Å². The van der Waals surface area contributed by atoms with Crippen molar-refractivity contribution in [2.45, 2.75) is 20.0 Å². The van der Waals surface area contributed by atoms with Crippen LogP contribution in [0.15, 0.2) is 47.0 Å². The number of aryl methyl sites for hydroxylation is 2. The fourth-order valence-corrected chi connectivity index (χ4v) is 3.57. The molecule has 0 saturated heterocycles. The third-order valence-corrected chi connectivity index (χ3v) is 5.10. The molecule has 1 heterocycles. The predicted molar refractivity (Wildman–Crippen MR) is 110 cm³/mol. The number of thiol groups is 1. The van der Waals surface area contributed by atoms with Crippen molar-refractivity contribution in [3.63, 3.8) is 0 Å². The smallest absolute Gasteiger partial charge is 0.266 e. The van der Waals surface area contributed by atoms with Gasteiger partial charge in [-0.3, -0.25) is 4.79 Å². The van der Waals surface area contributed by atoms with E-state index in [4.69, 9.17) is 9.47 Å². The van der Waals surface area contributed by atoms with Crippen molar-refractivity contribution in [2.75, 3.05) is 19.1 Å². The molecule has 6 nitrogen and oxygen atoms in total. The molecular weight excluding hydrogens is 374 g/mol. The monoisotopic (exact) mass is 395 g/mol. The number of carbonyl (C=O) groups is 1. The molecule has 0 fully saturated rings. The van der Waals surface area contributed by atoms with E-state index in [1.165, 1.54) is 0 Å². The fourth-order valence-electron chi connectivity index (χ4n) is 3.19. The molecule has 28 heavy (non-hydrogen) atoms. The molecule has 3 rings (SSSR count). The van der Waals surface area contributed by atoms with Crippen LogP contribution >= 0.6 is 12.6 Å². The molecule has 1 atom stereocenters. The van der Waals surface area contributed by atoms with Crippen molar-refractivity contribution >= 4 is 24.2 Å². The summed E-state index contributed by atoms with van der Waals surface area (Å²) in [5.41, 5.74) is 3.66. The minimum absolute atomic E-state index is 0.0269. The molecule has 7 heteroatoms. The first-order valence-electron chi connectivity index (χ1n) is 8.63. The topological polar surface area (TPSA) is 74.6 Å². The van der Waals surface area contributed by atoms with Crippen molar-refractivity contribution in [2.24, 2.45) is 0 Å². The highest BCUT2D eigenvalue weighted by Gasteiger charge is 2.35. The van der Waals surface area contributed by atoms with Gasteiger partial charge in [-0.1, -0.05) is 18.2 Å². The maximum Gasteiger partial charge on any atom is 0.266 e. The molecule has 1 amide bonds. The van der Waals surface area contributed by atoms with Gasteiger partial charge in [-0.05, 0) is 48.7 Å². The number of hydrogen-bond donors (Lipinski definition) is 2. The summed E-state index contributed by atoms with van der Waals surface area (Å²) in [5, 5.41) is 12.7. The Kier molecular flexibility index (Phi) is 5.52. The minimum atomic E-state index is -0.558. The fraction of sp³-hybridized carbons (Fsp3) is 0.238. The molecular formula is C21H21N3O3S. The van der Waals surface area contributed by atoms with E-state index in [0.717, 1.165) is 22.4 Å². The summed E-state index contributed by atoms with van der Waals surface area (Å²) in [6, 6.07) is 13.4. The van der Waals surface area contributed by atoms with Gasteiger partial charge in [0.1, 0.15) is 17.8 Å². The van der Waals surface area contributed by atoms with Crippen molar-refractivity contribution in [3.05, 3.63) is 63.7 Å². The van der Waals surface area contributed by atoms with Crippen LogP contribution in [0.2, 0.25) is 0 Å². The lowest BCUT2D eigenvalue weighted by molar-refractivity contribution is -0.118. The highest BCUT2D eigenvalue weighted by Crippen LogP contribution is 2.39. The molecule has 1 unspecified atom stereocenters. The lowest BCUT2D eigenvalue weighted by Crippen LogP contribution is -2.46. The molecule has 2 aromatic carbocycles. The number of anilines is 1. The predicted octanol–water partition coefficient (Wildman–Crippen LogP) is 3.62. The summed E-state index contributed by atoms with van der Waals surface area (Å²) >= 11 is 4.55. The number of ether oxygens (including phenoxy) is 2. The maximum absolute atomic E-state index is 12.5. The van der Waals surface area contributed by atoms with Crippen LogP contribution in [0.1, 0.15) is 22.9 Å². The average Bonchev–Trinajstić information content (AvgIpc) is 2.69. The van der Waals surface area contributed by atoms with Crippen molar-refractivity contribution < 1.29 is 14.3 Å². The van der Waals surface area contributed by atoms with E-state index in [-0.39, 0.29) is 5.57 Å². The first-order valence-corrected chi connectivity index (χ1v) is 9.08. The van der Waals surface area contributed by atoms with Gasteiger partial charge in [0.2, 0.25) is 0 Å². The summed E-state index contributed by atoms with van der Waals surface area (Å²) < 4.78 is 10.7. The number of methoxy groups -OCH3 is 2. The molecule has 1 N–H and O–H groups in total. The van der Waals surface area contributed by atoms with Gasteiger partial charge in [-0.25, -0.2) is 0 Å². The quantitative estimate of drug-likeness (QED) is 0.774. The van der Waals surface area contributed by atoms with Crippen LogP contribution in [0.4, 0.5) is 5.69 Å². The van der Waals surface area contributed by atoms with Gasteiger partial charge >= 0.3 is 0 Å². The second-order valence-corrected chi connectivity index (χ2v) is 6.88. The van der Waals surface area contributed by atoms with Crippen molar-refractivity contribution in [1.29, 1.82) is 5.26 Å². The van der Waals surface area contributed by atoms with Gasteiger partial charge in [0, 0.05) is 5.69 Å². The maximum atomic E-state index is 12.5. The number of nitrogens with zero attached hydrogens (tertiary/aromatic N) is 2. The van der Waals surface area contributed by atoms with Crippen LogP contribution in [-0.2, 0) is 4.79 Å². The number of amides is 1. The molecule has 0 bridgehead atoms. The van der Waals surface area contributed by atoms with Gasteiger partial charge in [-0.15, -0.1) is 12.6 Å². The Morgan fingerprint density at radius 2 is 1.82 bits per heavy atom. The number of nitrogens with one attached hydrogen (secondary N) is 1. The average molecular weight is 395 g/mol. The Bertz CT molecular complexity index is 1010. The highest BCUT2D eigenvalue weighted by atomic mass is 32.1. The zero-order valence-electron chi connectivity index (χ0n) is 16.1. The lowest BCUT2D eigenvalue weighted by Gasteiger charge is -2.39. The van der Waals surface area contributed by atoms with Crippen molar-refractivity contribution in [1.82, 2.24) is 5.32 Å². The summed E-state index contributed by atoms with van der Waals surface area (Å²) in [6.45, 7) is 3.97. The number of nitriles is 1. The van der Waals surface area contributed by atoms with Crippen LogP contribution in [0.5, 0.6) is 11.5 Å². The van der Waals surface area contributed by atoms with Crippen molar-refractivity contribution in [3.8, 4) is 17.6 Å². The Labute approximate surface area is 169 Å². The van der Waals surface area contributed by atoms with Gasteiger partial charge < -0.3 is 19.7 Å². The summed E-state index contributed by atoms with van der Waals surface area (Å²) in [7, 11) is 3.12. The normalized spacial score (nSPS) is 16.5. The summed E-state index contributed by atoms with van der Waals surface area (Å²) in [6.07, 6.45) is -0.558. The van der Waals surface area contributed by atoms with Crippen LogP contribution in [0.25, 0.3) is 0 Å². The molecule has 0 spiro atoms. The second kappa shape index (κ2) is 7.87. The van der Waals surface area contributed by atoms with Gasteiger partial charge in [-0.2, -0.15) is 5.26 Å². The third-order valence-electron chi connectivity index (χ3n) is 4.66. The third kappa shape index (κ3) is 3.39. The Morgan fingerprint density at radius 1 is 1.11 bits per heavy atom. The second-order valence-electron chi connectivity index (χ2n) is 6.46. The van der Waals surface area contributed by atoms with Crippen LogP contribution < -0.4 is 19.7 Å². The number of hydrogen-bond acceptors (Lipinski definition) is 6. The molecule has 1 aliphatic rings. The number of carbonyl (C=O) groups excluding carboxylic acids is 1. The van der Waals surface area contributed by atoms with E-state index in [1.807, 2.05) is 49.1 Å². The SMILES string of the molecule is COc1ccc(C2NC(=O)C(C#N)=C(S)N2c2cc(C)ccc2C)cc1OC. The zero-order valence-corrected chi connectivity index (χ0v) is 17.0. The summed E-state index contributed by atoms with van der Waals surface area (Å²) in [5.74, 6) is 0.672. The number of rotatable bonds is 4. The molecule has 144 valence electrons. The lowest BCUT2D eigenvalue weighted by atomic mass is 10.0. The molecule has 0 aliphatic carbocycles. The Morgan fingerprint density at radius 3 is 2.46 bits per heavy atom. The number of benzene rings is 2. The molecule has 0 aromatic heterocycles. The molecule has 2 aromatic rings. The van der Waals surface area contributed by atoms with Crippen LogP contribution in [-0.4, -0.2) is 20.1 Å². The first kappa shape index (κ1) is 19.6. The van der Waals surface area contributed by atoms with Gasteiger partial charge in [0.25, 0.3) is 5.91 Å². The van der Waals surface area contributed by atoms with E-state index in [9.17, 15) is 10.1 Å². The first-order chi connectivity index (χ1) is 13.4. The van der Waals surface area contributed by atoms with E-state index in [1.54, 1.807) is 26.4 Å². The van der Waals surface area contributed by atoms with Gasteiger partial charge in [0.05, 0.1) is 19.2 Å². The van der Waals surface area contributed by atoms with E-state index < -0.39 is 12.1 Å². The summed E-state index contributed by atoms with van der Waals surface area (Å²) in [4.78, 5) is 14.4. The van der Waals surface area contributed by atoms with E-state index >= 15 is 0 Å².